The molecule has 0 heterocycles. The molecule has 1 radical (unpaired) electrons. The van der Waals surface area contributed by atoms with Gasteiger partial charge >= 0.3 is 0 Å². The average molecular weight is 207 g/mol. The Balaban J connectivity index is 2.73. The van der Waals surface area contributed by atoms with Gasteiger partial charge in [-0.25, -0.2) is 0 Å². The molecule has 0 fully saturated rings. The smallest absolute Gasteiger partial charge is 0.0268 e. The minimum Gasteiger partial charge on any atom is -0.0610 e. The quantitative estimate of drug-likeness (QED) is 0.493. The third-order valence-electron chi connectivity index (χ3n) is 2.93. The molecule has 0 saturated carbocycles. The molecule has 0 N–H and O–H groups in total. The second kappa shape index (κ2) is 3.28. The van der Waals surface area contributed by atoms with E-state index < -0.39 is 0 Å². The minimum atomic E-state index is 0.864. The van der Waals surface area contributed by atoms with Crippen LogP contribution in [0.25, 0.3) is 21.5 Å². The average Bonchev–Trinajstić information content (AvgIpc) is 2.30. The second-order valence-corrected chi connectivity index (χ2v) is 4.79. The molecule has 0 unspecified atom stereocenters. The van der Waals surface area contributed by atoms with E-state index in [1.165, 1.54) is 26.4 Å². The predicted molar refractivity (Wildman–Crippen MR) is 67.5 cm³/mol. The number of rotatable bonds is 0. The first-order valence-corrected chi connectivity index (χ1v) is 6.65. The molecule has 0 amide bonds. The van der Waals surface area contributed by atoms with E-state index in [1.54, 1.807) is 0 Å². The molecular weight excluding hydrogens is 196 g/mol. The van der Waals surface area contributed by atoms with E-state index in [9.17, 15) is 0 Å². The highest BCUT2D eigenvalue weighted by Gasteiger charge is 2.00. The highest BCUT2D eigenvalue weighted by Crippen LogP contribution is 2.26. The van der Waals surface area contributed by atoms with Gasteiger partial charge in [0.15, 0.2) is 0 Å². The number of benzene rings is 3. The van der Waals surface area contributed by atoms with Crippen LogP contribution in [-0.2, 0) is 0 Å². The van der Waals surface area contributed by atoms with Gasteiger partial charge < -0.3 is 0 Å². The molecule has 0 atom stereocenters. The van der Waals surface area contributed by atoms with Crippen molar-refractivity contribution in [2.24, 2.45) is 0 Å². The van der Waals surface area contributed by atoms with Crippen LogP contribution in [0.4, 0.5) is 0 Å². The first kappa shape index (κ1) is 8.80. The van der Waals surface area contributed by atoms with Crippen molar-refractivity contribution in [1.29, 1.82) is 0 Å². The van der Waals surface area contributed by atoms with Crippen LogP contribution >= 0.6 is 0 Å². The number of hydrogen-bond acceptors (Lipinski definition) is 0. The Morgan fingerprint density at radius 3 is 2.20 bits per heavy atom. The predicted octanol–water partition coefficient (Wildman–Crippen LogP) is 3.72. The van der Waals surface area contributed by atoms with Gasteiger partial charge in [-0.15, -0.1) is 0 Å². The first-order chi connectivity index (χ1) is 7.40. The minimum absolute atomic E-state index is 0.864. The van der Waals surface area contributed by atoms with Crippen molar-refractivity contribution in [2.75, 3.05) is 0 Å². The summed E-state index contributed by atoms with van der Waals surface area (Å²) in [5.74, 6) is 0. The van der Waals surface area contributed by atoms with Crippen molar-refractivity contribution < 1.29 is 0 Å². The van der Waals surface area contributed by atoms with Gasteiger partial charge in [0.1, 0.15) is 0 Å². The monoisotopic (exact) mass is 207 g/mol. The summed E-state index contributed by atoms with van der Waals surface area (Å²) < 4.78 is 0. The Kier molecular flexibility index (Phi) is 1.93. The van der Waals surface area contributed by atoms with Crippen LogP contribution in [-0.4, -0.2) is 9.13 Å². The third kappa shape index (κ3) is 1.23. The molecule has 0 aliphatic carbocycles. The maximum atomic E-state index is 2.26. The topological polar surface area (TPSA) is 0 Å². The third-order valence-corrected chi connectivity index (χ3v) is 3.90. The van der Waals surface area contributed by atoms with Crippen molar-refractivity contribution in [3.05, 3.63) is 53.3 Å². The SMILES string of the molecule is C[Si]=c1ccc2cccc3cccc1c32. The zero-order valence-corrected chi connectivity index (χ0v) is 9.62. The molecule has 3 aromatic rings. The summed E-state index contributed by atoms with van der Waals surface area (Å²) in [7, 11) is 0.864. The van der Waals surface area contributed by atoms with Crippen LogP contribution in [0, 0.1) is 4.81 Å². The molecule has 0 aromatic heterocycles. The van der Waals surface area contributed by atoms with Crippen molar-refractivity contribution in [3.63, 3.8) is 0 Å². The molecule has 1 heteroatoms. The summed E-state index contributed by atoms with van der Waals surface area (Å²) in [6.45, 7) is 2.24. The molecule has 0 spiro atoms. The Bertz CT molecular complexity index is 660. The Hall–Kier alpha value is -1.47. The van der Waals surface area contributed by atoms with Gasteiger partial charge in [0.25, 0.3) is 0 Å². The lowest BCUT2D eigenvalue weighted by Gasteiger charge is -2.05. The summed E-state index contributed by atoms with van der Waals surface area (Å²) in [5.41, 5.74) is 0. The molecule has 0 saturated heterocycles. The highest BCUT2D eigenvalue weighted by molar-refractivity contribution is 6.28. The molecule has 0 aliphatic rings. The molecular formula is C14H11Si. The highest BCUT2D eigenvalue weighted by atomic mass is 28.2. The van der Waals surface area contributed by atoms with Gasteiger partial charge in [-0.1, -0.05) is 55.1 Å². The maximum Gasteiger partial charge on any atom is 0.0268 e. The van der Waals surface area contributed by atoms with E-state index >= 15 is 0 Å². The van der Waals surface area contributed by atoms with E-state index in [0.717, 1.165) is 9.13 Å². The zero-order chi connectivity index (χ0) is 10.3. The van der Waals surface area contributed by atoms with Gasteiger partial charge in [-0.05, 0) is 26.4 Å². The largest absolute Gasteiger partial charge is 0.0610 e. The molecule has 0 bridgehead atoms. The normalized spacial score (nSPS) is 12.7. The summed E-state index contributed by atoms with van der Waals surface area (Å²) in [5, 5.41) is 5.55. The maximum absolute atomic E-state index is 2.26. The van der Waals surface area contributed by atoms with E-state index in [0.29, 0.717) is 0 Å². The Morgan fingerprint density at radius 2 is 1.47 bits per heavy atom. The van der Waals surface area contributed by atoms with Gasteiger partial charge in [-0.2, -0.15) is 0 Å². The summed E-state index contributed by atoms with van der Waals surface area (Å²) in [6, 6.07) is 17.6. The summed E-state index contributed by atoms with van der Waals surface area (Å²) in [4.78, 5) is 1.47. The molecule has 0 aliphatic heterocycles. The van der Waals surface area contributed by atoms with Crippen LogP contribution < -0.4 is 0 Å². The van der Waals surface area contributed by atoms with Gasteiger partial charge in [0, 0.05) is 9.13 Å². The molecule has 3 aromatic carbocycles. The van der Waals surface area contributed by atoms with Crippen LogP contribution in [0.2, 0.25) is 6.55 Å². The molecule has 0 nitrogen and oxygen atoms in total. The van der Waals surface area contributed by atoms with Gasteiger partial charge in [-0.3, -0.25) is 0 Å². The Labute approximate surface area is 91.0 Å². The molecule has 3 rings (SSSR count). The van der Waals surface area contributed by atoms with E-state index in [1.807, 2.05) is 0 Å². The summed E-state index contributed by atoms with van der Waals surface area (Å²) >= 11 is 0. The van der Waals surface area contributed by atoms with E-state index in [2.05, 4.69) is 55.1 Å². The van der Waals surface area contributed by atoms with Crippen LogP contribution in [0.15, 0.2) is 48.5 Å². The zero-order valence-electron chi connectivity index (χ0n) is 8.62. The van der Waals surface area contributed by atoms with E-state index in [4.69, 9.17) is 0 Å². The fourth-order valence-corrected chi connectivity index (χ4v) is 2.94. The van der Waals surface area contributed by atoms with Gasteiger partial charge in [0.2, 0.25) is 0 Å². The molecule has 71 valence electrons. The van der Waals surface area contributed by atoms with Crippen molar-refractivity contribution in [1.82, 2.24) is 0 Å². The van der Waals surface area contributed by atoms with Crippen LogP contribution in [0.1, 0.15) is 0 Å². The fraction of sp³-hybridized carbons (Fsp3) is 0.0714. The summed E-state index contributed by atoms with van der Waals surface area (Å²) in [6.07, 6.45) is 0. The standard InChI is InChI=1S/C14H11Si/c1-15-13-9-8-11-5-2-4-10-6-3-7-12(13)14(10)11/h2-9H,1H3. The lowest BCUT2D eigenvalue weighted by atomic mass is 10.0. The Morgan fingerprint density at radius 1 is 0.800 bits per heavy atom. The van der Waals surface area contributed by atoms with E-state index in [-0.39, 0.29) is 0 Å². The first-order valence-electron chi connectivity index (χ1n) is 5.15. The van der Waals surface area contributed by atoms with Crippen LogP contribution in [0.3, 0.4) is 0 Å². The second-order valence-electron chi connectivity index (χ2n) is 3.75. The van der Waals surface area contributed by atoms with Crippen molar-refractivity contribution >= 4 is 30.7 Å². The fourth-order valence-electron chi connectivity index (χ4n) is 2.21. The lowest BCUT2D eigenvalue weighted by Crippen LogP contribution is -1.82. The van der Waals surface area contributed by atoms with Crippen molar-refractivity contribution in [3.8, 4) is 0 Å². The van der Waals surface area contributed by atoms with Gasteiger partial charge in [0.05, 0.1) is 0 Å². The number of hydrogen-bond donors (Lipinski definition) is 0. The lowest BCUT2D eigenvalue weighted by molar-refractivity contribution is 1.74. The van der Waals surface area contributed by atoms with Crippen LogP contribution in [0.5, 0.6) is 0 Å². The van der Waals surface area contributed by atoms with Crippen molar-refractivity contribution in [2.45, 2.75) is 6.55 Å². The molecule has 15 heavy (non-hydrogen) atoms.